The largest absolute Gasteiger partial charge is 0.497 e. The van der Waals surface area contributed by atoms with E-state index >= 15 is 0 Å². The number of hydrogen-bond donors (Lipinski definition) is 1. The van der Waals surface area contributed by atoms with E-state index in [1.807, 2.05) is 12.1 Å². The highest BCUT2D eigenvalue weighted by Gasteiger charge is 2.04. The molecule has 0 aliphatic carbocycles. The van der Waals surface area contributed by atoms with Gasteiger partial charge >= 0.3 is 0 Å². The summed E-state index contributed by atoms with van der Waals surface area (Å²) in [6.07, 6.45) is 2.39. The van der Waals surface area contributed by atoms with Gasteiger partial charge in [-0.3, -0.25) is 0 Å². The summed E-state index contributed by atoms with van der Waals surface area (Å²) in [6, 6.07) is 8.91. The van der Waals surface area contributed by atoms with Crippen molar-refractivity contribution in [2.75, 3.05) is 27.2 Å². The number of ether oxygens (including phenoxy) is 1. The van der Waals surface area contributed by atoms with Crippen LogP contribution in [0.5, 0.6) is 5.75 Å². The summed E-state index contributed by atoms with van der Waals surface area (Å²) in [4.78, 5) is 2.37. The van der Waals surface area contributed by atoms with Gasteiger partial charge < -0.3 is 15.0 Å². The molecule has 19 heavy (non-hydrogen) atoms. The highest BCUT2D eigenvalue weighted by atomic mass is 16.5. The van der Waals surface area contributed by atoms with Crippen molar-refractivity contribution >= 4 is 0 Å². The second kappa shape index (κ2) is 8.94. The average Bonchev–Trinajstić information content (AvgIpc) is 2.43. The van der Waals surface area contributed by atoms with Crippen molar-refractivity contribution in [2.45, 2.75) is 39.3 Å². The second-order valence-corrected chi connectivity index (χ2v) is 5.23. The number of nitrogens with zero attached hydrogens (tertiary/aromatic N) is 1. The minimum absolute atomic E-state index is 0.596. The van der Waals surface area contributed by atoms with Gasteiger partial charge in [-0.25, -0.2) is 0 Å². The Hall–Kier alpha value is -1.06. The molecule has 1 rings (SSSR count). The van der Waals surface area contributed by atoms with Gasteiger partial charge in [0.2, 0.25) is 0 Å². The lowest BCUT2D eigenvalue weighted by molar-refractivity contribution is 0.303. The van der Waals surface area contributed by atoms with Gasteiger partial charge in [-0.2, -0.15) is 0 Å². The Labute approximate surface area is 118 Å². The third-order valence-corrected chi connectivity index (χ3v) is 3.30. The van der Waals surface area contributed by atoms with E-state index in [-0.39, 0.29) is 0 Å². The Morgan fingerprint density at radius 3 is 2.53 bits per heavy atom. The third-order valence-electron chi connectivity index (χ3n) is 3.30. The average molecular weight is 264 g/mol. The quantitative estimate of drug-likeness (QED) is 0.742. The Bertz CT molecular complexity index is 337. The van der Waals surface area contributed by atoms with Crippen LogP contribution in [0.1, 0.15) is 32.3 Å². The normalized spacial score (nSPS) is 12.7. The molecule has 0 saturated carbocycles. The summed E-state index contributed by atoms with van der Waals surface area (Å²) in [6.45, 7) is 7.68. The van der Waals surface area contributed by atoms with E-state index in [0.29, 0.717) is 6.04 Å². The summed E-state index contributed by atoms with van der Waals surface area (Å²) >= 11 is 0. The van der Waals surface area contributed by atoms with Gasteiger partial charge in [-0.1, -0.05) is 19.1 Å². The first-order valence-electron chi connectivity index (χ1n) is 7.20. The SMILES string of the molecule is CCCNC(C)CCN(C)Cc1ccc(OC)cc1. The highest BCUT2D eigenvalue weighted by molar-refractivity contribution is 5.26. The molecule has 0 saturated heterocycles. The summed E-state index contributed by atoms with van der Waals surface area (Å²) < 4.78 is 5.17. The molecule has 1 unspecified atom stereocenters. The second-order valence-electron chi connectivity index (χ2n) is 5.23. The first-order valence-corrected chi connectivity index (χ1v) is 7.20. The molecule has 3 heteroatoms. The van der Waals surface area contributed by atoms with Crippen molar-refractivity contribution in [1.29, 1.82) is 0 Å². The monoisotopic (exact) mass is 264 g/mol. The van der Waals surface area contributed by atoms with E-state index in [9.17, 15) is 0 Å². The predicted molar refractivity (Wildman–Crippen MR) is 81.7 cm³/mol. The van der Waals surface area contributed by atoms with Crippen LogP contribution in [0.4, 0.5) is 0 Å². The molecule has 1 N–H and O–H groups in total. The van der Waals surface area contributed by atoms with Gasteiger partial charge in [0.15, 0.2) is 0 Å². The van der Waals surface area contributed by atoms with Crippen molar-refractivity contribution in [3.63, 3.8) is 0 Å². The van der Waals surface area contributed by atoms with Gasteiger partial charge in [-0.05, 0) is 57.6 Å². The predicted octanol–water partition coefficient (Wildman–Crippen LogP) is 2.91. The molecule has 0 bridgehead atoms. The minimum Gasteiger partial charge on any atom is -0.497 e. The van der Waals surface area contributed by atoms with Crippen LogP contribution in [0, 0.1) is 0 Å². The third kappa shape index (κ3) is 6.60. The molecule has 3 nitrogen and oxygen atoms in total. The van der Waals surface area contributed by atoms with Crippen LogP contribution in [0.2, 0.25) is 0 Å². The van der Waals surface area contributed by atoms with E-state index in [1.165, 1.54) is 18.4 Å². The number of methoxy groups -OCH3 is 1. The molecule has 0 fully saturated rings. The molecule has 1 atom stereocenters. The fourth-order valence-electron chi connectivity index (χ4n) is 2.03. The summed E-state index contributed by atoms with van der Waals surface area (Å²) in [5.41, 5.74) is 1.33. The zero-order valence-corrected chi connectivity index (χ0v) is 12.8. The Balaban J connectivity index is 2.27. The van der Waals surface area contributed by atoms with Crippen LogP contribution in [-0.2, 0) is 6.54 Å². The molecule has 0 heterocycles. The molecule has 1 aromatic carbocycles. The van der Waals surface area contributed by atoms with Gasteiger partial charge in [0.05, 0.1) is 7.11 Å². The van der Waals surface area contributed by atoms with Gasteiger partial charge in [0.25, 0.3) is 0 Å². The van der Waals surface area contributed by atoms with E-state index in [0.717, 1.165) is 25.4 Å². The molecular weight excluding hydrogens is 236 g/mol. The fraction of sp³-hybridized carbons (Fsp3) is 0.625. The molecule has 0 aromatic heterocycles. The van der Waals surface area contributed by atoms with Crippen molar-refractivity contribution in [3.05, 3.63) is 29.8 Å². The molecule has 0 amide bonds. The maximum atomic E-state index is 5.17. The summed E-state index contributed by atoms with van der Waals surface area (Å²) in [5, 5.41) is 3.52. The number of benzene rings is 1. The van der Waals surface area contributed by atoms with E-state index in [4.69, 9.17) is 4.74 Å². The molecule has 0 radical (unpaired) electrons. The Morgan fingerprint density at radius 1 is 1.26 bits per heavy atom. The van der Waals surface area contributed by atoms with Gasteiger partial charge in [0, 0.05) is 12.6 Å². The van der Waals surface area contributed by atoms with Crippen LogP contribution in [0.25, 0.3) is 0 Å². The van der Waals surface area contributed by atoms with Crippen molar-refractivity contribution in [3.8, 4) is 5.75 Å². The zero-order valence-electron chi connectivity index (χ0n) is 12.8. The number of nitrogens with one attached hydrogen (secondary N) is 1. The first-order chi connectivity index (χ1) is 9.15. The van der Waals surface area contributed by atoms with Crippen LogP contribution >= 0.6 is 0 Å². The topological polar surface area (TPSA) is 24.5 Å². The summed E-state index contributed by atoms with van der Waals surface area (Å²) in [7, 11) is 3.88. The number of hydrogen-bond acceptors (Lipinski definition) is 3. The lowest BCUT2D eigenvalue weighted by Crippen LogP contribution is -2.31. The van der Waals surface area contributed by atoms with E-state index < -0.39 is 0 Å². The fourth-order valence-corrected chi connectivity index (χ4v) is 2.03. The molecule has 0 aliphatic rings. The smallest absolute Gasteiger partial charge is 0.118 e. The zero-order chi connectivity index (χ0) is 14.1. The maximum Gasteiger partial charge on any atom is 0.118 e. The lowest BCUT2D eigenvalue weighted by atomic mass is 10.2. The van der Waals surface area contributed by atoms with Crippen LogP contribution < -0.4 is 10.1 Å². The summed E-state index contributed by atoms with van der Waals surface area (Å²) in [5.74, 6) is 0.920. The van der Waals surface area contributed by atoms with Crippen LogP contribution in [-0.4, -0.2) is 38.2 Å². The van der Waals surface area contributed by atoms with Crippen molar-refractivity contribution in [1.82, 2.24) is 10.2 Å². The Morgan fingerprint density at radius 2 is 1.95 bits per heavy atom. The van der Waals surface area contributed by atoms with Crippen LogP contribution in [0.3, 0.4) is 0 Å². The van der Waals surface area contributed by atoms with E-state index in [1.54, 1.807) is 7.11 Å². The number of rotatable bonds is 9. The molecule has 0 aliphatic heterocycles. The Kier molecular flexibility index (Phi) is 7.53. The lowest BCUT2D eigenvalue weighted by Gasteiger charge is -2.20. The van der Waals surface area contributed by atoms with Gasteiger partial charge in [-0.15, -0.1) is 0 Å². The molecule has 1 aromatic rings. The first kappa shape index (κ1) is 16.0. The van der Waals surface area contributed by atoms with Gasteiger partial charge in [0.1, 0.15) is 5.75 Å². The maximum absolute atomic E-state index is 5.17. The van der Waals surface area contributed by atoms with Crippen molar-refractivity contribution < 1.29 is 4.74 Å². The standard InChI is InChI=1S/C16H28N2O/c1-5-11-17-14(2)10-12-18(3)13-15-6-8-16(19-4)9-7-15/h6-9,14,17H,5,10-13H2,1-4H3. The molecule has 0 spiro atoms. The van der Waals surface area contributed by atoms with Crippen LogP contribution in [0.15, 0.2) is 24.3 Å². The van der Waals surface area contributed by atoms with E-state index in [2.05, 4.69) is 43.2 Å². The highest BCUT2D eigenvalue weighted by Crippen LogP contribution is 2.12. The molecular formula is C16H28N2O. The molecule has 108 valence electrons. The minimum atomic E-state index is 0.596. The van der Waals surface area contributed by atoms with Crippen molar-refractivity contribution in [2.24, 2.45) is 0 Å².